The number of benzene rings is 1. The number of sulfone groups is 1. The molecular formula is C22H31F3N2O4SSi. The standard InChI is InChI=1S/C22H31F3N2O4SSi/c1-21(32(28,29)18-7-5-6-17(14-18)22(23,24)25)9-11-31-20(15-21)19-8-10-27(26-19)16-30-12-13-33(2,3)4/h5-8,10,14,20H,9,11-13,15-16H2,1-4H3. The van der Waals surface area contributed by atoms with Crippen molar-refractivity contribution < 1.29 is 31.1 Å². The van der Waals surface area contributed by atoms with Crippen molar-refractivity contribution >= 4 is 17.9 Å². The second-order valence-corrected chi connectivity index (χ2v) is 18.0. The van der Waals surface area contributed by atoms with Crippen molar-refractivity contribution in [1.82, 2.24) is 9.78 Å². The first-order valence-electron chi connectivity index (χ1n) is 10.9. The minimum Gasteiger partial charge on any atom is -0.372 e. The highest BCUT2D eigenvalue weighted by Crippen LogP contribution is 2.42. The number of alkyl halides is 3. The number of halogens is 3. The highest BCUT2D eigenvalue weighted by atomic mass is 32.2. The van der Waals surface area contributed by atoms with Gasteiger partial charge in [-0.1, -0.05) is 25.7 Å². The van der Waals surface area contributed by atoms with Gasteiger partial charge < -0.3 is 9.47 Å². The van der Waals surface area contributed by atoms with E-state index < -0.39 is 40.5 Å². The van der Waals surface area contributed by atoms with Crippen LogP contribution in [0.4, 0.5) is 13.2 Å². The molecular weight excluding hydrogens is 473 g/mol. The fourth-order valence-corrected chi connectivity index (χ4v) is 6.27. The lowest BCUT2D eigenvalue weighted by molar-refractivity contribution is -0.137. The van der Waals surface area contributed by atoms with E-state index >= 15 is 0 Å². The molecule has 2 heterocycles. The lowest BCUT2D eigenvalue weighted by Crippen LogP contribution is -2.42. The number of aromatic nitrogens is 2. The van der Waals surface area contributed by atoms with Gasteiger partial charge in [0, 0.05) is 27.5 Å². The Labute approximate surface area is 194 Å². The maximum absolute atomic E-state index is 13.4. The Bertz CT molecular complexity index is 1070. The summed E-state index contributed by atoms with van der Waals surface area (Å²) in [4.78, 5) is -0.332. The van der Waals surface area contributed by atoms with Crippen LogP contribution < -0.4 is 0 Å². The first kappa shape index (κ1) is 25.9. The van der Waals surface area contributed by atoms with E-state index in [9.17, 15) is 21.6 Å². The van der Waals surface area contributed by atoms with E-state index in [2.05, 4.69) is 24.7 Å². The van der Waals surface area contributed by atoms with Crippen LogP contribution in [0.25, 0.3) is 0 Å². The number of hydrogen-bond acceptors (Lipinski definition) is 5. The molecule has 0 saturated carbocycles. The van der Waals surface area contributed by atoms with Crippen molar-refractivity contribution in [3.05, 3.63) is 47.8 Å². The van der Waals surface area contributed by atoms with Gasteiger partial charge >= 0.3 is 6.18 Å². The van der Waals surface area contributed by atoms with E-state index in [1.54, 1.807) is 23.9 Å². The fraction of sp³-hybridized carbons (Fsp3) is 0.591. The van der Waals surface area contributed by atoms with Gasteiger partial charge in [-0.05, 0) is 50.1 Å². The molecule has 0 spiro atoms. The summed E-state index contributed by atoms with van der Waals surface area (Å²) in [6, 6.07) is 6.71. The molecule has 1 aromatic carbocycles. The van der Waals surface area contributed by atoms with Gasteiger partial charge in [-0.3, -0.25) is 0 Å². The zero-order valence-electron chi connectivity index (χ0n) is 19.4. The van der Waals surface area contributed by atoms with E-state index in [1.165, 1.54) is 6.07 Å². The summed E-state index contributed by atoms with van der Waals surface area (Å²) >= 11 is 0. The number of ether oxygens (including phenoxy) is 2. The topological polar surface area (TPSA) is 70.4 Å². The molecule has 33 heavy (non-hydrogen) atoms. The summed E-state index contributed by atoms with van der Waals surface area (Å²) in [5, 5.41) is 4.47. The third kappa shape index (κ3) is 6.26. The van der Waals surface area contributed by atoms with Crippen molar-refractivity contribution in [2.75, 3.05) is 13.2 Å². The summed E-state index contributed by atoms with van der Waals surface area (Å²) in [5.41, 5.74) is -0.405. The lowest BCUT2D eigenvalue weighted by atomic mass is 9.95. The molecule has 1 fully saturated rings. The summed E-state index contributed by atoms with van der Waals surface area (Å²) in [7, 11) is -5.23. The Balaban J connectivity index is 1.73. The van der Waals surface area contributed by atoms with Crippen LogP contribution >= 0.6 is 0 Å². The van der Waals surface area contributed by atoms with Crippen LogP contribution in [-0.4, -0.2) is 44.2 Å². The van der Waals surface area contributed by atoms with Crippen molar-refractivity contribution in [2.45, 2.75) is 74.1 Å². The Kier molecular flexibility index (Phi) is 7.47. The predicted octanol–water partition coefficient (Wildman–Crippen LogP) is 5.30. The quantitative estimate of drug-likeness (QED) is 0.361. The van der Waals surface area contributed by atoms with E-state index in [0.717, 1.165) is 18.2 Å². The molecule has 2 unspecified atom stereocenters. The van der Waals surface area contributed by atoms with Crippen LogP contribution in [0.15, 0.2) is 41.4 Å². The Morgan fingerprint density at radius 2 is 2.00 bits per heavy atom. The maximum atomic E-state index is 13.4. The largest absolute Gasteiger partial charge is 0.416 e. The van der Waals surface area contributed by atoms with Crippen LogP contribution in [0.1, 0.15) is 37.1 Å². The summed E-state index contributed by atoms with van der Waals surface area (Å²) in [6.45, 7) is 9.48. The molecule has 0 amide bonds. The van der Waals surface area contributed by atoms with Gasteiger partial charge in [0.2, 0.25) is 0 Å². The summed E-state index contributed by atoms with van der Waals surface area (Å²) < 4.78 is 77.9. The third-order valence-electron chi connectivity index (χ3n) is 5.90. The maximum Gasteiger partial charge on any atom is 0.416 e. The van der Waals surface area contributed by atoms with Gasteiger partial charge in [0.05, 0.1) is 20.9 Å². The first-order valence-corrected chi connectivity index (χ1v) is 16.0. The van der Waals surface area contributed by atoms with Gasteiger partial charge in [0.25, 0.3) is 0 Å². The molecule has 11 heteroatoms. The molecule has 0 aliphatic carbocycles. The minimum absolute atomic E-state index is 0.0963. The van der Waals surface area contributed by atoms with Gasteiger partial charge in [0.1, 0.15) is 12.8 Å². The molecule has 2 aromatic rings. The minimum atomic E-state index is -4.62. The second kappa shape index (κ2) is 9.51. The molecule has 6 nitrogen and oxygen atoms in total. The van der Waals surface area contributed by atoms with Crippen LogP contribution in [0.2, 0.25) is 25.7 Å². The Morgan fingerprint density at radius 3 is 2.67 bits per heavy atom. The molecule has 2 atom stereocenters. The average molecular weight is 505 g/mol. The molecule has 1 aromatic heterocycles. The highest BCUT2D eigenvalue weighted by molar-refractivity contribution is 7.92. The van der Waals surface area contributed by atoms with Crippen molar-refractivity contribution in [1.29, 1.82) is 0 Å². The van der Waals surface area contributed by atoms with Crippen molar-refractivity contribution in [2.24, 2.45) is 0 Å². The number of hydrogen-bond donors (Lipinski definition) is 0. The SMILES string of the molecule is CC1(S(=O)(=O)c2cccc(C(F)(F)F)c2)CCOC(c2ccn(COCC[Si](C)(C)C)n2)C1. The smallest absolute Gasteiger partial charge is 0.372 e. The third-order valence-corrected chi connectivity index (χ3v) is 10.1. The molecule has 1 aliphatic heterocycles. The van der Waals surface area contributed by atoms with E-state index in [1.807, 2.05) is 0 Å². The van der Waals surface area contributed by atoms with E-state index in [-0.39, 0.29) is 31.1 Å². The fourth-order valence-electron chi connectivity index (χ4n) is 3.69. The monoisotopic (exact) mass is 504 g/mol. The van der Waals surface area contributed by atoms with Crippen LogP contribution in [0.5, 0.6) is 0 Å². The zero-order chi connectivity index (χ0) is 24.5. The van der Waals surface area contributed by atoms with Gasteiger partial charge in [0.15, 0.2) is 9.84 Å². The number of rotatable bonds is 8. The van der Waals surface area contributed by atoms with Crippen LogP contribution in [-0.2, 0) is 32.2 Å². The zero-order valence-corrected chi connectivity index (χ0v) is 21.2. The molecule has 184 valence electrons. The average Bonchev–Trinajstić information content (AvgIpc) is 3.19. The molecule has 0 N–H and O–H groups in total. The number of nitrogens with zero attached hydrogens (tertiary/aromatic N) is 2. The molecule has 3 rings (SSSR count). The summed E-state index contributed by atoms with van der Waals surface area (Å²) in [6.07, 6.45) is -3.16. The second-order valence-electron chi connectivity index (χ2n) is 9.92. The van der Waals surface area contributed by atoms with Crippen molar-refractivity contribution in [3.8, 4) is 0 Å². The Hall–Kier alpha value is -1.69. The van der Waals surface area contributed by atoms with E-state index in [0.29, 0.717) is 18.4 Å². The van der Waals surface area contributed by atoms with Crippen molar-refractivity contribution in [3.63, 3.8) is 0 Å². The van der Waals surface area contributed by atoms with Gasteiger partial charge in [-0.15, -0.1) is 0 Å². The van der Waals surface area contributed by atoms with Crippen LogP contribution in [0, 0.1) is 0 Å². The molecule has 0 bridgehead atoms. The predicted molar refractivity (Wildman–Crippen MR) is 121 cm³/mol. The lowest BCUT2D eigenvalue weighted by Gasteiger charge is -2.37. The normalized spacial score (nSPS) is 22.5. The van der Waals surface area contributed by atoms with Crippen LogP contribution in [0.3, 0.4) is 0 Å². The highest BCUT2D eigenvalue weighted by Gasteiger charge is 2.46. The van der Waals surface area contributed by atoms with Gasteiger partial charge in [-0.25, -0.2) is 13.1 Å². The van der Waals surface area contributed by atoms with Gasteiger partial charge in [-0.2, -0.15) is 18.3 Å². The summed E-state index contributed by atoms with van der Waals surface area (Å²) in [5.74, 6) is 0. The molecule has 1 saturated heterocycles. The Morgan fingerprint density at radius 1 is 1.27 bits per heavy atom. The molecule has 0 radical (unpaired) electrons. The molecule has 1 aliphatic rings. The first-order chi connectivity index (χ1) is 15.2. The van der Waals surface area contributed by atoms with E-state index in [4.69, 9.17) is 9.47 Å².